The van der Waals surface area contributed by atoms with Crippen LogP contribution < -0.4 is 10.6 Å². The van der Waals surface area contributed by atoms with Gasteiger partial charge in [0.2, 0.25) is 0 Å². The summed E-state index contributed by atoms with van der Waals surface area (Å²) in [5, 5.41) is 8.31. The molecular formula is C17H22N2O. The largest absolute Gasteiger partial charge is 0.336 e. The third kappa shape index (κ3) is 3.29. The molecule has 0 unspecified atom stereocenters. The molecule has 0 aliphatic carbocycles. The van der Waals surface area contributed by atoms with Crippen molar-refractivity contribution in [1.82, 2.24) is 10.6 Å². The number of fused-ring (bicyclic) bond motifs is 1. The van der Waals surface area contributed by atoms with Crippen LogP contribution in [0.25, 0.3) is 10.8 Å². The van der Waals surface area contributed by atoms with Crippen LogP contribution in [0.3, 0.4) is 0 Å². The molecule has 106 valence electrons. The summed E-state index contributed by atoms with van der Waals surface area (Å²) >= 11 is 0. The van der Waals surface area contributed by atoms with Gasteiger partial charge < -0.3 is 10.6 Å². The van der Waals surface area contributed by atoms with E-state index in [0.717, 1.165) is 12.0 Å². The lowest BCUT2D eigenvalue weighted by molar-refractivity contribution is 0.234. The molecule has 2 aromatic carbocycles. The van der Waals surface area contributed by atoms with Crippen LogP contribution in [0.5, 0.6) is 0 Å². The van der Waals surface area contributed by atoms with Crippen LogP contribution in [0.4, 0.5) is 4.79 Å². The average molecular weight is 270 g/mol. The molecule has 0 fully saturated rings. The molecule has 3 heteroatoms. The third-order valence-electron chi connectivity index (χ3n) is 3.63. The zero-order valence-corrected chi connectivity index (χ0v) is 12.3. The lowest BCUT2D eigenvalue weighted by Crippen LogP contribution is -2.41. The zero-order chi connectivity index (χ0) is 14.5. The predicted molar refractivity (Wildman–Crippen MR) is 83.8 cm³/mol. The van der Waals surface area contributed by atoms with Crippen molar-refractivity contribution in [2.75, 3.05) is 0 Å². The van der Waals surface area contributed by atoms with Crippen LogP contribution in [0.1, 0.15) is 38.8 Å². The van der Waals surface area contributed by atoms with Crippen molar-refractivity contribution >= 4 is 16.8 Å². The van der Waals surface area contributed by atoms with E-state index < -0.39 is 0 Å². The first-order valence-corrected chi connectivity index (χ1v) is 7.16. The Kier molecular flexibility index (Phi) is 4.61. The van der Waals surface area contributed by atoms with Gasteiger partial charge >= 0.3 is 6.03 Å². The highest BCUT2D eigenvalue weighted by molar-refractivity contribution is 5.86. The third-order valence-corrected chi connectivity index (χ3v) is 3.63. The molecule has 2 amide bonds. The van der Waals surface area contributed by atoms with Crippen molar-refractivity contribution in [3.63, 3.8) is 0 Å². The summed E-state index contributed by atoms with van der Waals surface area (Å²) in [5.74, 6) is 0. The molecule has 0 heterocycles. The van der Waals surface area contributed by atoms with Crippen LogP contribution in [0.15, 0.2) is 42.5 Å². The zero-order valence-electron chi connectivity index (χ0n) is 12.3. The minimum absolute atomic E-state index is 0.0230. The van der Waals surface area contributed by atoms with Gasteiger partial charge in [0.05, 0.1) is 6.04 Å². The van der Waals surface area contributed by atoms with Crippen molar-refractivity contribution < 1.29 is 4.79 Å². The van der Waals surface area contributed by atoms with Gasteiger partial charge in [-0.25, -0.2) is 4.79 Å². The maximum absolute atomic E-state index is 11.9. The van der Waals surface area contributed by atoms with Crippen molar-refractivity contribution in [1.29, 1.82) is 0 Å². The molecule has 20 heavy (non-hydrogen) atoms. The first kappa shape index (κ1) is 14.4. The summed E-state index contributed by atoms with van der Waals surface area (Å²) in [6.45, 7) is 6.07. The van der Waals surface area contributed by atoms with Gasteiger partial charge in [-0.2, -0.15) is 0 Å². The van der Waals surface area contributed by atoms with Crippen molar-refractivity contribution in [2.45, 2.75) is 39.3 Å². The molecule has 2 aromatic rings. The van der Waals surface area contributed by atoms with Crippen LogP contribution in [0, 0.1) is 0 Å². The van der Waals surface area contributed by atoms with Crippen molar-refractivity contribution in [3.8, 4) is 0 Å². The second-order valence-corrected chi connectivity index (χ2v) is 5.22. The van der Waals surface area contributed by atoms with Crippen molar-refractivity contribution in [2.24, 2.45) is 0 Å². The highest BCUT2D eigenvalue weighted by atomic mass is 16.2. The van der Waals surface area contributed by atoms with Gasteiger partial charge in [0.25, 0.3) is 0 Å². The van der Waals surface area contributed by atoms with E-state index >= 15 is 0 Å². The summed E-state index contributed by atoms with van der Waals surface area (Å²) in [6, 6.07) is 14.5. The summed E-state index contributed by atoms with van der Waals surface area (Å²) in [5.41, 5.74) is 1.14. The van der Waals surface area contributed by atoms with E-state index in [1.54, 1.807) is 0 Å². The van der Waals surface area contributed by atoms with Gasteiger partial charge in [0, 0.05) is 6.04 Å². The van der Waals surface area contributed by atoms with E-state index in [4.69, 9.17) is 0 Å². The number of carbonyl (C=O) groups excluding carboxylic acids is 1. The number of benzene rings is 2. The Hall–Kier alpha value is -2.03. The SMILES string of the molecule is CC[C@H](C)NC(=O)N[C@@H](C)c1cccc2ccccc12. The number of urea groups is 1. The van der Waals surface area contributed by atoms with E-state index in [1.807, 2.05) is 32.0 Å². The number of amides is 2. The molecule has 0 saturated carbocycles. The van der Waals surface area contributed by atoms with E-state index in [-0.39, 0.29) is 18.1 Å². The maximum atomic E-state index is 11.9. The highest BCUT2D eigenvalue weighted by Gasteiger charge is 2.12. The monoisotopic (exact) mass is 270 g/mol. The highest BCUT2D eigenvalue weighted by Crippen LogP contribution is 2.23. The second kappa shape index (κ2) is 6.42. The van der Waals surface area contributed by atoms with E-state index in [2.05, 4.69) is 41.8 Å². The van der Waals surface area contributed by atoms with Crippen LogP contribution in [-0.2, 0) is 0 Å². The summed E-state index contributed by atoms with van der Waals surface area (Å²) in [6.07, 6.45) is 0.927. The molecule has 0 radical (unpaired) electrons. The number of hydrogen-bond donors (Lipinski definition) is 2. The molecule has 2 rings (SSSR count). The summed E-state index contributed by atoms with van der Waals surface area (Å²) < 4.78 is 0. The smallest absolute Gasteiger partial charge is 0.315 e. The Morgan fingerprint density at radius 2 is 1.75 bits per heavy atom. The fourth-order valence-electron chi connectivity index (χ4n) is 2.27. The Morgan fingerprint density at radius 3 is 2.50 bits per heavy atom. The molecule has 0 bridgehead atoms. The quantitative estimate of drug-likeness (QED) is 0.866. The molecule has 0 saturated heterocycles. The minimum Gasteiger partial charge on any atom is -0.336 e. The number of rotatable bonds is 4. The molecule has 3 nitrogen and oxygen atoms in total. The van der Waals surface area contributed by atoms with Gasteiger partial charge in [-0.1, -0.05) is 49.4 Å². The predicted octanol–water partition coefficient (Wildman–Crippen LogP) is 4.00. The van der Waals surface area contributed by atoms with Gasteiger partial charge in [-0.05, 0) is 36.6 Å². The average Bonchev–Trinajstić information content (AvgIpc) is 2.46. The maximum Gasteiger partial charge on any atom is 0.315 e. The Bertz CT molecular complexity index is 589. The molecule has 0 aliphatic heterocycles. The summed E-state index contributed by atoms with van der Waals surface area (Å²) in [7, 11) is 0. The van der Waals surface area contributed by atoms with Crippen LogP contribution in [-0.4, -0.2) is 12.1 Å². The molecule has 0 spiro atoms. The molecule has 2 atom stereocenters. The van der Waals surface area contributed by atoms with Crippen molar-refractivity contribution in [3.05, 3.63) is 48.0 Å². The van der Waals surface area contributed by atoms with Crippen LogP contribution >= 0.6 is 0 Å². The van der Waals surface area contributed by atoms with E-state index in [0.29, 0.717) is 0 Å². The molecule has 0 aromatic heterocycles. The van der Waals surface area contributed by atoms with Gasteiger partial charge in [-0.15, -0.1) is 0 Å². The molecular weight excluding hydrogens is 248 g/mol. The standard InChI is InChI=1S/C17H22N2O/c1-4-12(2)18-17(20)19-13(3)15-11-7-9-14-8-5-6-10-16(14)15/h5-13H,4H2,1-3H3,(H2,18,19,20)/t12-,13-/m0/s1. The Balaban J connectivity index is 2.15. The van der Waals surface area contributed by atoms with Gasteiger partial charge in [0.1, 0.15) is 0 Å². The lowest BCUT2D eigenvalue weighted by Gasteiger charge is -2.19. The number of carbonyl (C=O) groups is 1. The first-order chi connectivity index (χ1) is 9.61. The molecule has 2 N–H and O–H groups in total. The fourth-order valence-corrected chi connectivity index (χ4v) is 2.27. The summed E-state index contributed by atoms with van der Waals surface area (Å²) in [4.78, 5) is 11.9. The normalized spacial score (nSPS) is 13.8. The van der Waals surface area contributed by atoms with Crippen LogP contribution in [0.2, 0.25) is 0 Å². The van der Waals surface area contributed by atoms with Gasteiger partial charge in [-0.3, -0.25) is 0 Å². The Morgan fingerprint density at radius 1 is 1.05 bits per heavy atom. The first-order valence-electron chi connectivity index (χ1n) is 7.16. The fraction of sp³-hybridized carbons (Fsp3) is 0.353. The lowest BCUT2D eigenvalue weighted by atomic mass is 10.00. The Labute approximate surface area is 120 Å². The number of nitrogens with one attached hydrogen (secondary N) is 2. The van der Waals surface area contributed by atoms with E-state index in [1.165, 1.54) is 10.8 Å². The number of hydrogen-bond acceptors (Lipinski definition) is 1. The van der Waals surface area contributed by atoms with E-state index in [9.17, 15) is 4.79 Å². The topological polar surface area (TPSA) is 41.1 Å². The van der Waals surface area contributed by atoms with Gasteiger partial charge in [0.15, 0.2) is 0 Å². The minimum atomic E-state index is -0.111. The second-order valence-electron chi connectivity index (χ2n) is 5.22. The molecule has 0 aliphatic rings.